The number of fused-ring (bicyclic) bond motifs is 1. The van der Waals surface area contributed by atoms with Crippen LogP contribution < -0.4 is 10.2 Å². The molecule has 0 aliphatic rings. The van der Waals surface area contributed by atoms with Crippen LogP contribution in [-0.4, -0.2) is 26.9 Å². The molecule has 0 bridgehead atoms. The molecule has 0 saturated heterocycles. The summed E-state index contributed by atoms with van der Waals surface area (Å²) < 4.78 is 2.37. The molecule has 0 aliphatic carbocycles. The van der Waals surface area contributed by atoms with Gasteiger partial charge >= 0.3 is 0 Å². The van der Waals surface area contributed by atoms with Gasteiger partial charge in [0.1, 0.15) is 11.5 Å². The Kier molecular flexibility index (Phi) is 7.69. The highest BCUT2D eigenvalue weighted by Gasteiger charge is 2.23. The molecule has 3 aromatic rings. The number of phenolic OH excluding ortho intramolecular Hbond substituents is 2. The summed E-state index contributed by atoms with van der Waals surface area (Å²) in [4.78, 5) is 1.97. The molecule has 0 spiro atoms. The first-order valence-electron chi connectivity index (χ1n) is 11.7. The Bertz CT molecular complexity index is 1210. The Morgan fingerprint density at radius 1 is 1.09 bits per heavy atom. The minimum Gasteiger partial charge on any atom is -0.508 e. The lowest BCUT2D eigenvalue weighted by atomic mass is 10.0. The second-order valence-corrected chi connectivity index (χ2v) is 8.69. The van der Waals surface area contributed by atoms with Crippen LogP contribution in [0.25, 0.3) is 16.6 Å². The molecule has 5 nitrogen and oxygen atoms in total. The van der Waals surface area contributed by atoms with E-state index in [0.717, 1.165) is 36.3 Å². The van der Waals surface area contributed by atoms with Gasteiger partial charge in [0, 0.05) is 47.5 Å². The molecule has 0 saturated carbocycles. The zero-order valence-corrected chi connectivity index (χ0v) is 21.3. The van der Waals surface area contributed by atoms with E-state index in [1.807, 2.05) is 17.9 Å². The van der Waals surface area contributed by atoms with Crippen molar-refractivity contribution in [2.45, 2.75) is 60.4 Å². The van der Waals surface area contributed by atoms with Gasteiger partial charge in [-0.05, 0) is 80.7 Å². The number of aromatic nitrogens is 1. The van der Waals surface area contributed by atoms with Gasteiger partial charge in [-0.15, -0.1) is 0 Å². The quantitative estimate of drug-likeness (QED) is 0.352. The predicted molar refractivity (Wildman–Crippen MR) is 143 cm³/mol. The molecule has 2 aromatic carbocycles. The molecular weight excluding hydrogens is 430 g/mol. The van der Waals surface area contributed by atoms with Crippen molar-refractivity contribution in [1.29, 1.82) is 0 Å². The number of phenols is 2. The normalized spacial score (nSPS) is 11.8. The van der Waals surface area contributed by atoms with Crippen molar-refractivity contribution in [1.82, 2.24) is 9.88 Å². The standard InChI is InChI=1S/C27H35N3O2S/c1-7-10-24(22-14-19(9-3)25(31)16-26(22)32)30(27(33)28-6)20-11-12-23-21(15-20)17(4)18(5)29(23)13-8-2/h10-12,14-16,31-32H,7-9,13H2,1-6H3,(H,28,33). The molecule has 1 heterocycles. The predicted octanol–water partition coefficient (Wildman–Crippen LogP) is 6.40. The van der Waals surface area contributed by atoms with Crippen LogP contribution in [0, 0.1) is 13.8 Å². The number of hydrogen-bond acceptors (Lipinski definition) is 3. The summed E-state index contributed by atoms with van der Waals surface area (Å²) in [6.45, 7) is 11.5. The van der Waals surface area contributed by atoms with Gasteiger partial charge in [0.15, 0.2) is 5.11 Å². The second kappa shape index (κ2) is 10.3. The van der Waals surface area contributed by atoms with E-state index >= 15 is 0 Å². The molecule has 0 fully saturated rings. The van der Waals surface area contributed by atoms with Crippen LogP contribution in [0.15, 0.2) is 36.4 Å². The van der Waals surface area contributed by atoms with Gasteiger partial charge in [0.05, 0.1) is 5.70 Å². The van der Waals surface area contributed by atoms with Crippen molar-refractivity contribution in [3.8, 4) is 11.5 Å². The van der Waals surface area contributed by atoms with E-state index in [1.54, 1.807) is 7.05 Å². The molecule has 0 atom stereocenters. The molecule has 176 valence electrons. The van der Waals surface area contributed by atoms with Crippen LogP contribution in [-0.2, 0) is 13.0 Å². The van der Waals surface area contributed by atoms with Gasteiger partial charge in [0.2, 0.25) is 0 Å². The van der Waals surface area contributed by atoms with Crippen LogP contribution in [0.3, 0.4) is 0 Å². The Labute approximate surface area is 202 Å². The minimum absolute atomic E-state index is 0.0236. The lowest BCUT2D eigenvalue weighted by Gasteiger charge is -2.29. The van der Waals surface area contributed by atoms with Gasteiger partial charge in [0.25, 0.3) is 0 Å². The number of anilines is 1. The maximum atomic E-state index is 10.8. The largest absolute Gasteiger partial charge is 0.508 e. The number of nitrogens with zero attached hydrogens (tertiary/aromatic N) is 2. The van der Waals surface area contributed by atoms with E-state index in [0.29, 0.717) is 17.1 Å². The second-order valence-electron chi connectivity index (χ2n) is 8.30. The van der Waals surface area contributed by atoms with Crippen molar-refractivity contribution < 1.29 is 10.2 Å². The number of aryl methyl sites for hydroxylation is 3. The number of thiocarbonyl (C=S) groups is 1. The van der Waals surface area contributed by atoms with Crippen LogP contribution >= 0.6 is 12.2 Å². The zero-order valence-electron chi connectivity index (χ0n) is 20.5. The molecule has 3 N–H and O–H groups in total. The van der Waals surface area contributed by atoms with Crippen LogP contribution in [0.2, 0.25) is 0 Å². The van der Waals surface area contributed by atoms with E-state index in [2.05, 4.69) is 61.9 Å². The fraction of sp³-hybridized carbons (Fsp3) is 0.370. The molecule has 3 rings (SSSR count). The van der Waals surface area contributed by atoms with Gasteiger partial charge in [-0.3, -0.25) is 4.90 Å². The Hall–Kier alpha value is -2.99. The Morgan fingerprint density at radius 3 is 2.42 bits per heavy atom. The SMILES string of the molecule is CCC=C(c1cc(CC)c(O)cc1O)N(C(=S)NC)c1ccc2c(c1)c(C)c(C)n2CCC. The summed E-state index contributed by atoms with van der Waals surface area (Å²) in [5.41, 5.74) is 6.87. The fourth-order valence-electron chi connectivity index (χ4n) is 4.39. The van der Waals surface area contributed by atoms with Gasteiger partial charge in [-0.1, -0.05) is 26.8 Å². The van der Waals surface area contributed by atoms with Crippen LogP contribution in [0.1, 0.15) is 56.0 Å². The molecule has 0 amide bonds. The number of aromatic hydroxyl groups is 2. The third-order valence-corrected chi connectivity index (χ3v) is 6.62. The van der Waals surface area contributed by atoms with E-state index in [9.17, 15) is 10.2 Å². The van der Waals surface area contributed by atoms with E-state index in [4.69, 9.17) is 12.2 Å². The Morgan fingerprint density at radius 2 is 1.82 bits per heavy atom. The lowest BCUT2D eigenvalue weighted by molar-refractivity contribution is 0.445. The van der Waals surface area contributed by atoms with Gasteiger partial charge < -0.3 is 20.1 Å². The van der Waals surface area contributed by atoms with Crippen LogP contribution in [0.5, 0.6) is 11.5 Å². The van der Waals surface area contributed by atoms with Crippen molar-refractivity contribution in [2.24, 2.45) is 0 Å². The average molecular weight is 466 g/mol. The fourth-order valence-corrected chi connectivity index (χ4v) is 4.60. The Balaban J connectivity index is 2.25. The zero-order chi connectivity index (χ0) is 24.3. The number of rotatable bonds is 7. The first-order chi connectivity index (χ1) is 15.8. The first kappa shape index (κ1) is 24.6. The third-order valence-electron chi connectivity index (χ3n) is 6.24. The highest BCUT2D eigenvalue weighted by atomic mass is 32.1. The molecule has 0 aliphatic heterocycles. The molecule has 0 unspecified atom stereocenters. The van der Waals surface area contributed by atoms with Crippen molar-refractivity contribution in [2.75, 3.05) is 11.9 Å². The van der Waals surface area contributed by atoms with Gasteiger partial charge in [-0.2, -0.15) is 0 Å². The number of benzene rings is 2. The third kappa shape index (κ3) is 4.58. The highest BCUT2D eigenvalue weighted by Crippen LogP contribution is 2.38. The van der Waals surface area contributed by atoms with Crippen molar-refractivity contribution in [3.63, 3.8) is 0 Å². The number of hydrogen-bond donors (Lipinski definition) is 3. The molecule has 6 heteroatoms. The van der Waals surface area contributed by atoms with E-state index in [1.165, 1.54) is 28.2 Å². The molecule has 1 aromatic heterocycles. The summed E-state index contributed by atoms with van der Waals surface area (Å²) in [7, 11) is 1.80. The van der Waals surface area contributed by atoms with E-state index in [-0.39, 0.29) is 11.5 Å². The monoisotopic (exact) mass is 465 g/mol. The smallest absolute Gasteiger partial charge is 0.177 e. The van der Waals surface area contributed by atoms with Gasteiger partial charge in [-0.25, -0.2) is 0 Å². The number of nitrogens with one attached hydrogen (secondary N) is 1. The summed E-state index contributed by atoms with van der Waals surface area (Å²) in [5, 5.41) is 25.8. The lowest BCUT2D eigenvalue weighted by Crippen LogP contribution is -2.36. The van der Waals surface area contributed by atoms with Crippen molar-refractivity contribution in [3.05, 3.63) is 58.8 Å². The summed E-state index contributed by atoms with van der Waals surface area (Å²) in [5.74, 6) is 0.123. The van der Waals surface area contributed by atoms with Crippen molar-refractivity contribution >= 4 is 39.6 Å². The average Bonchev–Trinajstić information content (AvgIpc) is 3.03. The maximum absolute atomic E-state index is 10.8. The summed E-state index contributed by atoms with van der Waals surface area (Å²) >= 11 is 5.75. The highest BCUT2D eigenvalue weighted by molar-refractivity contribution is 7.80. The maximum Gasteiger partial charge on any atom is 0.177 e. The van der Waals surface area contributed by atoms with Crippen LogP contribution in [0.4, 0.5) is 5.69 Å². The summed E-state index contributed by atoms with van der Waals surface area (Å²) in [6.07, 6.45) is 4.54. The minimum atomic E-state index is 0.0236. The topological polar surface area (TPSA) is 60.7 Å². The molecular formula is C27H35N3O2S. The first-order valence-corrected chi connectivity index (χ1v) is 12.1. The molecule has 33 heavy (non-hydrogen) atoms. The van der Waals surface area contributed by atoms with E-state index < -0.39 is 0 Å². The number of allylic oxidation sites excluding steroid dienone is 1. The molecule has 0 radical (unpaired) electrons. The summed E-state index contributed by atoms with van der Waals surface area (Å²) in [6, 6.07) is 9.68.